The summed E-state index contributed by atoms with van der Waals surface area (Å²) in [7, 11) is 0. The van der Waals surface area contributed by atoms with E-state index in [-0.39, 0.29) is 5.41 Å². The fraction of sp³-hybridized carbons (Fsp3) is 0.222. The Morgan fingerprint density at radius 2 is 1.76 bits per heavy atom. The Labute approximate surface area is 124 Å². The van der Waals surface area contributed by atoms with Crippen LogP contribution in [0.5, 0.6) is 5.75 Å². The molecule has 0 N–H and O–H groups in total. The van der Waals surface area contributed by atoms with Gasteiger partial charge in [0.2, 0.25) is 0 Å². The zero-order valence-corrected chi connectivity index (χ0v) is 12.4. The monoisotopic (exact) mass is 279 g/mol. The molecule has 0 aliphatic rings. The maximum Gasteiger partial charge on any atom is 0.343 e. The maximum atomic E-state index is 12.1. The second-order valence-electron chi connectivity index (χ2n) is 5.86. The van der Waals surface area contributed by atoms with Crippen LogP contribution in [0.1, 0.15) is 42.3 Å². The van der Waals surface area contributed by atoms with E-state index in [0.29, 0.717) is 16.9 Å². The number of rotatable bonds is 2. The number of nitriles is 1. The average Bonchev–Trinajstić information content (AvgIpc) is 2.46. The Balaban J connectivity index is 2.15. The summed E-state index contributed by atoms with van der Waals surface area (Å²) >= 11 is 0. The van der Waals surface area contributed by atoms with Crippen molar-refractivity contribution in [1.29, 1.82) is 5.26 Å². The van der Waals surface area contributed by atoms with Crippen LogP contribution < -0.4 is 4.74 Å². The van der Waals surface area contributed by atoms with Gasteiger partial charge in [0.1, 0.15) is 5.75 Å². The van der Waals surface area contributed by atoms with E-state index < -0.39 is 5.97 Å². The van der Waals surface area contributed by atoms with E-state index in [0.717, 1.165) is 5.56 Å². The Kier molecular flexibility index (Phi) is 4.09. The topological polar surface area (TPSA) is 50.1 Å². The van der Waals surface area contributed by atoms with Crippen molar-refractivity contribution in [3.05, 3.63) is 65.2 Å². The van der Waals surface area contributed by atoms with Crippen molar-refractivity contribution >= 4 is 5.97 Å². The van der Waals surface area contributed by atoms with E-state index in [9.17, 15) is 4.79 Å². The van der Waals surface area contributed by atoms with Crippen LogP contribution in [0.2, 0.25) is 0 Å². The number of benzene rings is 2. The largest absolute Gasteiger partial charge is 0.423 e. The minimum absolute atomic E-state index is 0.0452. The lowest BCUT2D eigenvalue weighted by atomic mass is 9.87. The highest BCUT2D eigenvalue weighted by atomic mass is 16.5. The predicted molar refractivity (Wildman–Crippen MR) is 81.3 cm³/mol. The zero-order valence-electron chi connectivity index (χ0n) is 12.4. The summed E-state index contributed by atoms with van der Waals surface area (Å²) in [5, 5.41) is 8.83. The van der Waals surface area contributed by atoms with E-state index in [1.807, 2.05) is 18.2 Å². The second kappa shape index (κ2) is 5.80. The molecule has 0 aliphatic heterocycles. The Hall–Kier alpha value is -2.60. The quantitative estimate of drug-likeness (QED) is 0.615. The first-order valence-corrected chi connectivity index (χ1v) is 6.73. The molecule has 21 heavy (non-hydrogen) atoms. The van der Waals surface area contributed by atoms with Crippen LogP contribution in [0.4, 0.5) is 0 Å². The third-order valence-corrected chi connectivity index (χ3v) is 3.16. The number of hydrogen-bond donors (Lipinski definition) is 0. The molecule has 0 aromatic heterocycles. The number of carbonyl (C=O) groups is 1. The van der Waals surface area contributed by atoms with Gasteiger partial charge in [0.15, 0.2) is 0 Å². The SMILES string of the molecule is CC(C)(C)c1ccc(C(=O)Oc2cccc(C#N)c2)cc1. The summed E-state index contributed by atoms with van der Waals surface area (Å²) in [4.78, 5) is 12.1. The summed E-state index contributed by atoms with van der Waals surface area (Å²) < 4.78 is 5.28. The number of esters is 1. The first-order valence-electron chi connectivity index (χ1n) is 6.73. The molecule has 0 amide bonds. The molecule has 0 fully saturated rings. The smallest absolute Gasteiger partial charge is 0.343 e. The van der Waals surface area contributed by atoms with Crippen LogP contribution in [0, 0.1) is 11.3 Å². The molecule has 2 aromatic carbocycles. The zero-order chi connectivity index (χ0) is 15.5. The fourth-order valence-corrected chi connectivity index (χ4v) is 1.90. The van der Waals surface area contributed by atoms with Gasteiger partial charge in [0.05, 0.1) is 17.2 Å². The Morgan fingerprint density at radius 3 is 2.33 bits per heavy atom. The van der Waals surface area contributed by atoms with Crippen molar-refractivity contribution < 1.29 is 9.53 Å². The minimum Gasteiger partial charge on any atom is -0.423 e. The minimum atomic E-state index is -0.425. The molecular weight excluding hydrogens is 262 g/mol. The average molecular weight is 279 g/mol. The molecule has 2 rings (SSSR count). The lowest BCUT2D eigenvalue weighted by Gasteiger charge is -2.18. The number of carbonyl (C=O) groups excluding carboxylic acids is 1. The molecular formula is C18H17NO2. The Morgan fingerprint density at radius 1 is 1.10 bits per heavy atom. The first kappa shape index (κ1) is 14.8. The van der Waals surface area contributed by atoms with Crippen LogP contribution in [-0.4, -0.2) is 5.97 Å². The molecule has 0 saturated carbocycles. The van der Waals surface area contributed by atoms with Crippen molar-refractivity contribution in [2.75, 3.05) is 0 Å². The molecule has 0 unspecified atom stereocenters. The van der Waals surface area contributed by atoms with E-state index in [1.165, 1.54) is 0 Å². The highest BCUT2D eigenvalue weighted by Crippen LogP contribution is 2.22. The van der Waals surface area contributed by atoms with Crippen LogP contribution in [-0.2, 0) is 5.41 Å². The van der Waals surface area contributed by atoms with Gasteiger partial charge in [-0.3, -0.25) is 0 Å². The molecule has 3 nitrogen and oxygen atoms in total. The molecule has 106 valence electrons. The molecule has 0 radical (unpaired) electrons. The molecule has 0 spiro atoms. The Bertz CT molecular complexity index is 688. The predicted octanol–water partition coefficient (Wildman–Crippen LogP) is 4.07. The number of ether oxygens (including phenoxy) is 1. The third-order valence-electron chi connectivity index (χ3n) is 3.16. The lowest BCUT2D eigenvalue weighted by Crippen LogP contribution is -2.12. The summed E-state index contributed by atoms with van der Waals surface area (Å²) in [5.74, 6) is -0.0514. The second-order valence-corrected chi connectivity index (χ2v) is 5.86. The molecule has 0 aliphatic carbocycles. The van der Waals surface area contributed by atoms with E-state index in [4.69, 9.17) is 10.00 Å². The van der Waals surface area contributed by atoms with Gasteiger partial charge in [-0.1, -0.05) is 39.0 Å². The van der Waals surface area contributed by atoms with E-state index in [2.05, 4.69) is 20.8 Å². The summed E-state index contributed by atoms with van der Waals surface area (Å²) in [6.45, 7) is 6.36. The normalized spacial score (nSPS) is 10.8. The van der Waals surface area contributed by atoms with Gasteiger partial charge in [0.25, 0.3) is 0 Å². The molecule has 0 saturated heterocycles. The van der Waals surface area contributed by atoms with Crippen LogP contribution in [0.15, 0.2) is 48.5 Å². The lowest BCUT2D eigenvalue weighted by molar-refractivity contribution is 0.0734. The standard InChI is InChI=1S/C18H17NO2/c1-18(2,3)15-9-7-14(8-10-15)17(20)21-16-6-4-5-13(11-16)12-19/h4-11H,1-3H3. The van der Waals surface area contributed by atoms with Crippen LogP contribution >= 0.6 is 0 Å². The van der Waals surface area contributed by atoms with Gasteiger partial charge in [-0.25, -0.2) is 4.79 Å². The van der Waals surface area contributed by atoms with Gasteiger partial charge in [-0.05, 0) is 41.3 Å². The van der Waals surface area contributed by atoms with Crippen molar-refractivity contribution in [2.24, 2.45) is 0 Å². The van der Waals surface area contributed by atoms with E-state index >= 15 is 0 Å². The van der Waals surface area contributed by atoms with Crippen LogP contribution in [0.3, 0.4) is 0 Å². The first-order chi connectivity index (χ1) is 9.90. The summed E-state index contributed by atoms with van der Waals surface area (Å²) in [6.07, 6.45) is 0. The highest BCUT2D eigenvalue weighted by Gasteiger charge is 2.15. The number of hydrogen-bond acceptors (Lipinski definition) is 3. The number of nitrogens with zero attached hydrogens (tertiary/aromatic N) is 1. The highest BCUT2D eigenvalue weighted by molar-refractivity contribution is 5.91. The van der Waals surface area contributed by atoms with Gasteiger partial charge >= 0.3 is 5.97 Å². The van der Waals surface area contributed by atoms with Crippen molar-refractivity contribution in [3.8, 4) is 11.8 Å². The van der Waals surface area contributed by atoms with Gasteiger partial charge in [-0.2, -0.15) is 5.26 Å². The van der Waals surface area contributed by atoms with Crippen molar-refractivity contribution in [3.63, 3.8) is 0 Å². The molecule has 0 atom stereocenters. The van der Waals surface area contributed by atoms with Crippen molar-refractivity contribution in [2.45, 2.75) is 26.2 Å². The molecule has 2 aromatic rings. The summed E-state index contributed by atoms with van der Waals surface area (Å²) in [5.41, 5.74) is 2.16. The van der Waals surface area contributed by atoms with Crippen molar-refractivity contribution in [1.82, 2.24) is 0 Å². The van der Waals surface area contributed by atoms with E-state index in [1.54, 1.807) is 36.4 Å². The maximum absolute atomic E-state index is 12.1. The molecule has 0 bridgehead atoms. The fourth-order valence-electron chi connectivity index (χ4n) is 1.90. The molecule has 0 heterocycles. The summed E-state index contributed by atoms with van der Waals surface area (Å²) in [6, 6.07) is 15.9. The van der Waals surface area contributed by atoms with Crippen LogP contribution in [0.25, 0.3) is 0 Å². The van der Waals surface area contributed by atoms with Gasteiger partial charge in [-0.15, -0.1) is 0 Å². The van der Waals surface area contributed by atoms with Gasteiger partial charge in [0, 0.05) is 0 Å². The molecule has 3 heteroatoms. The van der Waals surface area contributed by atoms with Gasteiger partial charge < -0.3 is 4.74 Å². The third kappa shape index (κ3) is 3.70.